The number of aromatic nitrogens is 1. The van der Waals surface area contributed by atoms with E-state index in [1.807, 2.05) is 0 Å². The van der Waals surface area contributed by atoms with Gasteiger partial charge in [-0.1, -0.05) is 0 Å². The molecule has 0 radical (unpaired) electrons. The van der Waals surface area contributed by atoms with Crippen molar-refractivity contribution in [3.05, 3.63) is 23.4 Å². The van der Waals surface area contributed by atoms with Crippen molar-refractivity contribution < 1.29 is 22.7 Å². The van der Waals surface area contributed by atoms with Gasteiger partial charge >= 0.3 is 12.1 Å². The Hall–Kier alpha value is -1.79. The monoisotopic (exact) mass is 248 g/mol. The van der Waals surface area contributed by atoms with E-state index in [1.54, 1.807) is 6.92 Å². The van der Waals surface area contributed by atoms with Crippen LogP contribution in [0.15, 0.2) is 12.1 Å². The van der Waals surface area contributed by atoms with Gasteiger partial charge in [0.15, 0.2) is 0 Å². The maximum atomic E-state index is 12.4. The molecule has 0 saturated carbocycles. The lowest BCUT2D eigenvalue weighted by Gasteiger charge is -2.09. The quantitative estimate of drug-likeness (QED) is 0.828. The van der Waals surface area contributed by atoms with Crippen LogP contribution in [0.4, 0.5) is 19.0 Å². The minimum absolute atomic E-state index is 0.0595. The van der Waals surface area contributed by atoms with Crippen molar-refractivity contribution in [3.63, 3.8) is 0 Å². The number of nitrogens with two attached hydrogens (primary N) is 1. The van der Waals surface area contributed by atoms with Crippen LogP contribution in [-0.2, 0) is 22.1 Å². The van der Waals surface area contributed by atoms with Gasteiger partial charge in [0, 0.05) is 0 Å². The zero-order chi connectivity index (χ0) is 13.1. The molecule has 0 saturated heterocycles. The molecule has 94 valence electrons. The summed E-state index contributed by atoms with van der Waals surface area (Å²) in [5.74, 6) is -0.919. The van der Waals surface area contributed by atoms with Crippen molar-refractivity contribution in [3.8, 4) is 0 Å². The lowest BCUT2D eigenvalue weighted by atomic mass is 10.2. The van der Waals surface area contributed by atoms with Gasteiger partial charge < -0.3 is 10.5 Å². The fourth-order valence-electron chi connectivity index (χ4n) is 1.22. The first-order chi connectivity index (χ1) is 7.82. The standard InChI is InChI=1S/C10H11F3N2O2/c1-2-17-9(16)5-7-3-6(10(11,12)13)4-8(14)15-7/h3-4H,2,5H2,1H3,(H2,14,15). The largest absolute Gasteiger partial charge is 0.466 e. The Morgan fingerprint density at radius 2 is 2.12 bits per heavy atom. The Balaban J connectivity index is 2.94. The SMILES string of the molecule is CCOC(=O)Cc1cc(C(F)(F)F)cc(N)n1. The molecular weight excluding hydrogens is 237 g/mol. The van der Waals surface area contributed by atoms with E-state index < -0.39 is 17.7 Å². The number of carbonyl (C=O) groups excluding carboxylic acids is 1. The first-order valence-electron chi connectivity index (χ1n) is 4.82. The molecule has 0 aliphatic heterocycles. The van der Waals surface area contributed by atoms with E-state index in [2.05, 4.69) is 9.72 Å². The Morgan fingerprint density at radius 1 is 1.47 bits per heavy atom. The second kappa shape index (κ2) is 5.03. The third kappa shape index (κ3) is 3.93. The van der Waals surface area contributed by atoms with Crippen LogP contribution >= 0.6 is 0 Å². The molecule has 0 amide bonds. The van der Waals surface area contributed by atoms with Crippen molar-refractivity contribution in [2.75, 3.05) is 12.3 Å². The maximum Gasteiger partial charge on any atom is 0.416 e. The molecule has 0 bridgehead atoms. The molecule has 2 N–H and O–H groups in total. The number of ether oxygens (including phenoxy) is 1. The van der Waals surface area contributed by atoms with E-state index in [-0.39, 0.29) is 24.5 Å². The van der Waals surface area contributed by atoms with E-state index in [0.29, 0.717) is 6.07 Å². The van der Waals surface area contributed by atoms with Gasteiger partial charge in [-0.15, -0.1) is 0 Å². The number of rotatable bonds is 3. The normalized spacial score (nSPS) is 11.3. The molecule has 0 spiro atoms. The summed E-state index contributed by atoms with van der Waals surface area (Å²) in [5.41, 5.74) is 4.26. The van der Waals surface area contributed by atoms with Crippen LogP contribution in [0.1, 0.15) is 18.2 Å². The summed E-state index contributed by atoms with van der Waals surface area (Å²) in [6.07, 6.45) is -4.84. The highest BCUT2D eigenvalue weighted by molar-refractivity contribution is 5.72. The fourth-order valence-corrected chi connectivity index (χ4v) is 1.22. The summed E-state index contributed by atoms with van der Waals surface area (Å²) >= 11 is 0. The summed E-state index contributed by atoms with van der Waals surface area (Å²) < 4.78 is 41.9. The number of halogens is 3. The summed E-state index contributed by atoms with van der Waals surface area (Å²) in [6.45, 7) is 1.76. The minimum atomic E-state index is -4.51. The van der Waals surface area contributed by atoms with Crippen LogP contribution < -0.4 is 5.73 Å². The molecule has 0 fully saturated rings. The number of hydrogen-bond donors (Lipinski definition) is 1. The van der Waals surface area contributed by atoms with Crippen molar-refractivity contribution in [1.82, 2.24) is 4.98 Å². The van der Waals surface area contributed by atoms with E-state index in [0.717, 1.165) is 6.07 Å². The molecule has 0 aliphatic carbocycles. The zero-order valence-electron chi connectivity index (χ0n) is 9.04. The van der Waals surface area contributed by atoms with Gasteiger partial charge in [-0.3, -0.25) is 4.79 Å². The summed E-state index contributed by atoms with van der Waals surface area (Å²) in [5, 5.41) is 0. The topological polar surface area (TPSA) is 65.2 Å². The fraction of sp³-hybridized carbons (Fsp3) is 0.400. The Kier molecular flexibility index (Phi) is 3.93. The number of pyridine rings is 1. The highest BCUT2D eigenvalue weighted by atomic mass is 19.4. The molecule has 0 aliphatic rings. The average molecular weight is 248 g/mol. The highest BCUT2D eigenvalue weighted by Gasteiger charge is 2.31. The van der Waals surface area contributed by atoms with Gasteiger partial charge in [0.25, 0.3) is 0 Å². The third-order valence-electron chi connectivity index (χ3n) is 1.86. The van der Waals surface area contributed by atoms with Gasteiger partial charge in [0.05, 0.1) is 24.3 Å². The number of anilines is 1. The Bertz CT molecular complexity index is 419. The lowest BCUT2D eigenvalue weighted by molar-refractivity contribution is -0.142. The van der Waals surface area contributed by atoms with Crippen LogP contribution in [0.5, 0.6) is 0 Å². The number of alkyl halides is 3. The summed E-state index contributed by atoms with van der Waals surface area (Å²) in [7, 11) is 0. The highest BCUT2D eigenvalue weighted by Crippen LogP contribution is 2.30. The molecule has 1 heterocycles. The third-order valence-corrected chi connectivity index (χ3v) is 1.86. The molecule has 1 rings (SSSR count). The van der Waals surface area contributed by atoms with Crippen LogP contribution in [0.3, 0.4) is 0 Å². The molecule has 0 unspecified atom stereocenters. The number of hydrogen-bond acceptors (Lipinski definition) is 4. The van der Waals surface area contributed by atoms with Crippen molar-refractivity contribution >= 4 is 11.8 Å². The van der Waals surface area contributed by atoms with Gasteiger partial charge in [0.1, 0.15) is 5.82 Å². The van der Waals surface area contributed by atoms with Gasteiger partial charge in [-0.25, -0.2) is 4.98 Å². The first kappa shape index (κ1) is 13.3. The van der Waals surface area contributed by atoms with Crippen LogP contribution in [0.2, 0.25) is 0 Å². The maximum absolute atomic E-state index is 12.4. The van der Waals surface area contributed by atoms with Crippen molar-refractivity contribution in [2.24, 2.45) is 0 Å². The van der Waals surface area contributed by atoms with E-state index in [1.165, 1.54) is 0 Å². The lowest BCUT2D eigenvalue weighted by Crippen LogP contribution is -2.12. The smallest absolute Gasteiger partial charge is 0.416 e. The Labute approximate surface area is 95.6 Å². The van der Waals surface area contributed by atoms with Crippen molar-refractivity contribution in [2.45, 2.75) is 19.5 Å². The predicted octanol–water partition coefficient (Wildman–Crippen LogP) is 1.79. The molecule has 0 atom stereocenters. The van der Waals surface area contributed by atoms with E-state index in [4.69, 9.17) is 5.73 Å². The van der Waals surface area contributed by atoms with Crippen LogP contribution in [0, 0.1) is 0 Å². The van der Waals surface area contributed by atoms with Crippen molar-refractivity contribution in [1.29, 1.82) is 0 Å². The summed E-state index contributed by atoms with van der Waals surface area (Å²) in [4.78, 5) is 14.7. The van der Waals surface area contributed by atoms with Gasteiger partial charge in [-0.2, -0.15) is 13.2 Å². The second-order valence-electron chi connectivity index (χ2n) is 3.25. The van der Waals surface area contributed by atoms with Crippen LogP contribution in [0.25, 0.3) is 0 Å². The Morgan fingerprint density at radius 3 is 2.65 bits per heavy atom. The number of nitrogen functional groups attached to an aromatic ring is 1. The number of nitrogens with zero attached hydrogens (tertiary/aromatic N) is 1. The first-order valence-corrected chi connectivity index (χ1v) is 4.82. The summed E-state index contributed by atoms with van der Waals surface area (Å²) in [6, 6.07) is 1.50. The average Bonchev–Trinajstić information content (AvgIpc) is 2.15. The minimum Gasteiger partial charge on any atom is -0.466 e. The van der Waals surface area contributed by atoms with Gasteiger partial charge in [0.2, 0.25) is 0 Å². The van der Waals surface area contributed by atoms with Crippen LogP contribution in [-0.4, -0.2) is 17.6 Å². The molecule has 0 aromatic carbocycles. The molecule has 7 heteroatoms. The van der Waals surface area contributed by atoms with E-state index in [9.17, 15) is 18.0 Å². The second-order valence-corrected chi connectivity index (χ2v) is 3.25. The molecular formula is C10H11F3N2O2. The zero-order valence-corrected chi connectivity index (χ0v) is 9.04. The molecule has 4 nitrogen and oxygen atoms in total. The molecule has 1 aromatic heterocycles. The molecule has 1 aromatic rings. The molecule has 17 heavy (non-hydrogen) atoms. The predicted molar refractivity (Wildman–Crippen MR) is 54.0 cm³/mol. The number of carbonyl (C=O) groups is 1. The number of esters is 1. The van der Waals surface area contributed by atoms with Gasteiger partial charge in [-0.05, 0) is 19.1 Å². The van der Waals surface area contributed by atoms with E-state index >= 15 is 0 Å².